The molecule has 0 aliphatic rings. The van der Waals surface area contributed by atoms with Crippen molar-refractivity contribution in [2.24, 2.45) is 0 Å². The minimum atomic E-state index is -4.94. The van der Waals surface area contributed by atoms with Crippen molar-refractivity contribution in [3.63, 3.8) is 0 Å². The molecular formula is C19H16F5N5O3. The van der Waals surface area contributed by atoms with Gasteiger partial charge in [0.05, 0.1) is 24.9 Å². The van der Waals surface area contributed by atoms with Crippen LogP contribution in [0.1, 0.15) is 23.0 Å². The molecule has 1 unspecified atom stereocenters. The molecule has 170 valence electrons. The molecule has 0 saturated carbocycles. The van der Waals surface area contributed by atoms with Crippen LogP contribution in [0.4, 0.5) is 22.0 Å². The predicted molar refractivity (Wildman–Crippen MR) is 99.5 cm³/mol. The summed E-state index contributed by atoms with van der Waals surface area (Å²) in [6, 6.07) is 4.32. The molecule has 2 aromatic heterocycles. The SMILES string of the molecule is COc1ccc(-n2ncc(C(=O)NC(C)COc3ccc(F)cc3F)c2C(F)(F)F)nn1. The summed E-state index contributed by atoms with van der Waals surface area (Å²) in [5.41, 5.74) is -2.11. The minimum absolute atomic E-state index is 0.0823. The van der Waals surface area contributed by atoms with Gasteiger partial charge < -0.3 is 14.8 Å². The normalized spacial score (nSPS) is 12.3. The summed E-state index contributed by atoms with van der Waals surface area (Å²) in [5, 5.41) is 13.2. The van der Waals surface area contributed by atoms with Crippen LogP contribution in [0, 0.1) is 11.6 Å². The average molecular weight is 457 g/mol. The van der Waals surface area contributed by atoms with Crippen molar-refractivity contribution in [1.29, 1.82) is 0 Å². The van der Waals surface area contributed by atoms with E-state index < -0.39 is 41.0 Å². The first-order chi connectivity index (χ1) is 15.1. The molecule has 1 aromatic carbocycles. The number of hydrogen-bond acceptors (Lipinski definition) is 6. The van der Waals surface area contributed by atoms with Gasteiger partial charge in [0.2, 0.25) is 5.88 Å². The van der Waals surface area contributed by atoms with Gasteiger partial charge in [-0.05, 0) is 25.1 Å². The van der Waals surface area contributed by atoms with Crippen molar-refractivity contribution in [3.05, 3.63) is 59.4 Å². The number of nitrogens with zero attached hydrogens (tertiary/aromatic N) is 4. The highest BCUT2D eigenvalue weighted by Crippen LogP contribution is 2.33. The topological polar surface area (TPSA) is 91.2 Å². The van der Waals surface area contributed by atoms with Gasteiger partial charge in [-0.15, -0.1) is 10.2 Å². The number of amides is 1. The maximum atomic E-state index is 13.7. The lowest BCUT2D eigenvalue weighted by atomic mass is 10.2. The van der Waals surface area contributed by atoms with Gasteiger partial charge in [0.1, 0.15) is 12.4 Å². The molecule has 13 heteroatoms. The van der Waals surface area contributed by atoms with Crippen LogP contribution in [0.3, 0.4) is 0 Å². The number of hydrogen-bond donors (Lipinski definition) is 1. The predicted octanol–water partition coefficient (Wildman–Crippen LogP) is 3.17. The molecule has 0 radical (unpaired) electrons. The van der Waals surface area contributed by atoms with E-state index in [1.165, 1.54) is 26.2 Å². The summed E-state index contributed by atoms with van der Waals surface area (Å²) < 4.78 is 78.1. The fraction of sp³-hybridized carbons (Fsp3) is 0.263. The zero-order valence-electron chi connectivity index (χ0n) is 16.7. The standard InChI is InChI=1S/C19H16F5N5O3/c1-10(9-32-14-4-3-11(20)7-13(14)21)26-18(30)12-8-25-29(17(12)19(22,23)24)15-5-6-16(31-2)28-27-15/h3-8,10H,9H2,1-2H3,(H,26,30). The Balaban J connectivity index is 1.77. The summed E-state index contributed by atoms with van der Waals surface area (Å²) in [5.74, 6) is -3.30. The number of halogens is 5. The molecule has 3 aromatic rings. The molecule has 0 fully saturated rings. The maximum Gasteiger partial charge on any atom is 0.434 e. The van der Waals surface area contributed by atoms with Gasteiger partial charge >= 0.3 is 6.18 Å². The van der Waals surface area contributed by atoms with E-state index in [1.54, 1.807) is 0 Å². The van der Waals surface area contributed by atoms with Gasteiger partial charge in [-0.3, -0.25) is 4.79 Å². The van der Waals surface area contributed by atoms with Gasteiger partial charge in [-0.25, -0.2) is 13.5 Å². The van der Waals surface area contributed by atoms with E-state index in [-0.39, 0.29) is 24.1 Å². The number of benzene rings is 1. The number of carbonyl (C=O) groups excluding carboxylic acids is 1. The molecule has 1 amide bonds. The zero-order chi connectivity index (χ0) is 23.5. The molecule has 32 heavy (non-hydrogen) atoms. The summed E-state index contributed by atoms with van der Waals surface area (Å²) in [6.07, 6.45) is -4.20. The van der Waals surface area contributed by atoms with Crippen LogP contribution in [0.25, 0.3) is 5.82 Å². The molecule has 2 heterocycles. The maximum absolute atomic E-state index is 13.7. The number of rotatable bonds is 7. The molecule has 0 bridgehead atoms. The molecule has 0 aliphatic carbocycles. The number of methoxy groups -OCH3 is 1. The Morgan fingerprint density at radius 1 is 1.19 bits per heavy atom. The molecular weight excluding hydrogens is 441 g/mol. The Hall–Kier alpha value is -3.77. The highest BCUT2D eigenvalue weighted by Gasteiger charge is 2.41. The quantitative estimate of drug-likeness (QED) is 0.548. The van der Waals surface area contributed by atoms with E-state index in [2.05, 4.69) is 20.6 Å². The van der Waals surface area contributed by atoms with Crippen LogP contribution in [0.2, 0.25) is 0 Å². The number of ether oxygens (including phenoxy) is 2. The van der Waals surface area contributed by atoms with Crippen LogP contribution in [-0.4, -0.2) is 45.6 Å². The highest BCUT2D eigenvalue weighted by molar-refractivity contribution is 5.95. The van der Waals surface area contributed by atoms with Gasteiger partial charge in [0.25, 0.3) is 5.91 Å². The van der Waals surface area contributed by atoms with Crippen LogP contribution in [0.5, 0.6) is 11.6 Å². The smallest absolute Gasteiger partial charge is 0.434 e. The fourth-order valence-corrected chi connectivity index (χ4v) is 2.65. The van der Waals surface area contributed by atoms with Gasteiger partial charge in [-0.1, -0.05) is 0 Å². The van der Waals surface area contributed by atoms with E-state index in [1.807, 2.05) is 0 Å². The first kappa shape index (κ1) is 22.9. The van der Waals surface area contributed by atoms with E-state index >= 15 is 0 Å². The molecule has 0 saturated heterocycles. The van der Waals surface area contributed by atoms with Crippen molar-refractivity contribution in [2.45, 2.75) is 19.1 Å². The first-order valence-corrected chi connectivity index (χ1v) is 9.02. The second-order valence-corrected chi connectivity index (χ2v) is 6.51. The molecule has 1 atom stereocenters. The second kappa shape index (κ2) is 9.16. The van der Waals surface area contributed by atoms with Crippen molar-refractivity contribution >= 4 is 5.91 Å². The number of alkyl halides is 3. The average Bonchev–Trinajstić information content (AvgIpc) is 3.19. The summed E-state index contributed by atoms with van der Waals surface area (Å²) in [4.78, 5) is 12.5. The number of nitrogens with one attached hydrogen (secondary N) is 1. The lowest BCUT2D eigenvalue weighted by Gasteiger charge is -2.16. The third-order valence-electron chi connectivity index (χ3n) is 4.09. The Bertz CT molecular complexity index is 1100. The Morgan fingerprint density at radius 2 is 1.94 bits per heavy atom. The summed E-state index contributed by atoms with van der Waals surface area (Å²) in [6.45, 7) is 1.15. The van der Waals surface area contributed by atoms with Crippen molar-refractivity contribution in [1.82, 2.24) is 25.3 Å². The largest absolute Gasteiger partial charge is 0.488 e. The third-order valence-corrected chi connectivity index (χ3v) is 4.09. The first-order valence-electron chi connectivity index (χ1n) is 9.02. The highest BCUT2D eigenvalue weighted by atomic mass is 19.4. The van der Waals surface area contributed by atoms with Gasteiger partial charge in [-0.2, -0.15) is 18.3 Å². The molecule has 1 N–H and O–H groups in total. The molecule has 8 nitrogen and oxygen atoms in total. The summed E-state index contributed by atoms with van der Waals surface area (Å²) in [7, 11) is 1.32. The summed E-state index contributed by atoms with van der Waals surface area (Å²) >= 11 is 0. The molecule has 0 spiro atoms. The number of aromatic nitrogens is 4. The lowest BCUT2D eigenvalue weighted by molar-refractivity contribution is -0.143. The van der Waals surface area contributed by atoms with E-state index in [9.17, 15) is 26.7 Å². The molecule has 3 rings (SSSR count). The third kappa shape index (κ3) is 5.10. The fourth-order valence-electron chi connectivity index (χ4n) is 2.65. The van der Waals surface area contributed by atoms with Gasteiger partial charge in [0, 0.05) is 12.1 Å². The number of carbonyl (C=O) groups is 1. The van der Waals surface area contributed by atoms with Crippen LogP contribution in [0.15, 0.2) is 36.5 Å². The van der Waals surface area contributed by atoms with Crippen molar-refractivity contribution in [2.75, 3.05) is 13.7 Å². The monoisotopic (exact) mass is 457 g/mol. The van der Waals surface area contributed by atoms with Crippen LogP contribution in [-0.2, 0) is 6.18 Å². The molecule has 0 aliphatic heterocycles. The second-order valence-electron chi connectivity index (χ2n) is 6.51. The van der Waals surface area contributed by atoms with Gasteiger partial charge in [0.15, 0.2) is 23.1 Å². The van der Waals surface area contributed by atoms with Crippen LogP contribution >= 0.6 is 0 Å². The Labute approximate surface area is 178 Å². The zero-order valence-corrected chi connectivity index (χ0v) is 16.7. The lowest BCUT2D eigenvalue weighted by Crippen LogP contribution is -2.37. The Kier molecular flexibility index (Phi) is 6.55. The van der Waals surface area contributed by atoms with E-state index in [4.69, 9.17) is 9.47 Å². The van der Waals surface area contributed by atoms with E-state index in [0.717, 1.165) is 18.3 Å². The minimum Gasteiger partial charge on any atom is -0.488 e. The van der Waals surface area contributed by atoms with Crippen molar-refractivity contribution in [3.8, 4) is 17.4 Å². The Morgan fingerprint density at radius 3 is 2.53 bits per heavy atom. The van der Waals surface area contributed by atoms with Crippen LogP contribution < -0.4 is 14.8 Å². The van der Waals surface area contributed by atoms with Crippen molar-refractivity contribution < 1.29 is 36.2 Å². The van der Waals surface area contributed by atoms with E-state index in [0.29, 0.717) is 10.7 Å².